The fraction of sp³-hybridized carbons (Fsp3) is 0.476. The maximum atomic E-state index is 13.1. The second kappa shape index (κ2) is 8.09. The second-order valence-corrected chi connectivity index (χ2v) is 7.30. The van der Waals surface area contributed by atoms with Gasteiger partial charge in [0.2, 0.25) is 0 Å². The smallest absolute Gasteiger partial charge is 0.318 e. The van der Waals surface area contributed by atoms with Crippen molar-refractivity contribution >= 4 is 5.78 Å². The van der Waals surface area contributed by atoms with Crippen molar-refractivity contribution in [3.8, 4) is 5.69 Å². The molecule has 0 unspecified atom stereocenters. The molecule has 1 fully saturated rings. The first-order valence-corrected chi connectivity index (χ1v) is 9.55. The van der Waals surface area contributed by atoms with Gasteiger partial charge in [-0.1, -0.05) is 13.0 Å². The monoisotopic (exact) mass is 393 g/mol. The molecule has 1 aromatic carbocycles. The molecule has 0 radical (unpaired) electrons. The summed E-state index contributed by atoms with van der Waals surface area (Å²) in [7, 11) is 0. The second-order valence-electron chi connectivity index (χ2n) is 7.30. The van der Waals surface area contributed by atoms with Gasteiger partial charge in [-0.25, -0.2) is 0 Å². The van der Waals surface area contributed by atoms with Crippen LogP contribution in [0, 0.1) is 13.8 Å². The summed E-state index contributed by atoms with van der Waals surface area (Å²) >= 11 is 0. The van der Waals surface area contributed by atoms with E-state index in [1.165, 1.54) is 6.07 Å². The topological polar surface area (TPSA) is 28.5 Å². The third kappa shape index (κ3) is 4.31. The zero-order valence-electron chi connectivity index (χ0n) is 16.5. The summed E-state index contributed by atoms with van der Waals surface area (Å²) in [6.07, 6.45) is -4.40. The number of nitrogens with zero attached hydrogens (tertiary/aromatic N) is 3. The van der Waals surface area contributed by atoms with Crippen LogP contribution < -0.4 is 0 Å². The molecule has 3 rings (SSSR count). The highest BCUT2D eigenvalue weighted by atomic mass is 19.4. The van der Waals surface area contributed by atoms with Crippen molar-refractivity contribution in [3.63, 3.8) is 0 Å². The molecule has 1 aliphatic heterocycles. The Bertz CT molecular complexity index is 849. The van der Waals surface area contributed by atoms with E-state index in [1.807, 2.05) is 6.92 Å². The van der Waals surface area contributed by atoms with Crippen LogP contribution in [0.15, 0.2) is 30.3 Å². The summed E-state index contributed by atoms with van der Waals surface area (Å²) in [5.74, 6) is 0.0104. The summed E-state index contributed by atoms with van der Waals surface area (Å²) in [5, 5.41) is 0. The van der Waals surface area contributed by atoms with Gasteiger partial charge in [0.25, 0.3) is 0 Å². The highest BCUT2D eigenvalue weighted by Crippen LogP contribution is 2.31. The van der Waals surface area contributed by atoms with E-state index < -0.39 is 11.7 Å². The number of hydrogen-bond acceptors (Lipinski definition) is 3. The SMILES string of the molecule is CCN1CCN(CC(=O)c2cc(C)n(-c3cccc(C(F)(F)F)c3)c2C)CC1. The van der Waals surface area contributed by atoms with Gasteiger partial charge >= 0.3 is 6.18 Å². The number of likely N-dealkylation sites (N-methyl/N-ethyl adjacent to an activating group) is 1. The van der Waals surface area contributed by atoms with Gasteiger partial charge in [0, 0.05) is 48.8 Å². The minimum absolute atomic E-state index is 0.0104. The van der Waals surface area contributed by atoms with Crippen LogP contribution in [0.1, 0.15) is 34.2 Å². The third-order valence-corrected chi connectivity index (χ3v) is 5.44. The lowest BCUT2D eigenvalue weighted by atomic mass is 10.1. The minimum atomic E-state index is -4.40. The van der Waals surface area contributed by atoms with E-state index >= 15 is 0 Å². The zero-order chi connectivity index (χ0) is 20.5. The number of hydrogen-bond donors (Lipinski definition) is 0. The molecular weight excluding hydrogens is 367 g/mol. The van der Waals surface area contributed by atoms with Gasteiger partial charge in [-0.2, -0.15) is 13.2 Å². The number of carbonyl (C=O) groups is 1. The first-order chi connectivity index (χ1) is 13.2. The van der Waals surface area contributed by atoms with E-state index in [1.54, 1.807) is 23.6 Å². The lowest BCUT2D eigenvalue weighted by Gasteiger charge is -2.33. The minimum Gasteiger partial charge on any atom is -0.318 e. The Morgan fingerprint density at radius 3 is 2.29 bits per heavy atom. The van der Waals surface area contributed by atoms with Crippen LogP contribution in [0.3, 0.4) is 0 Å². The zero-order valence-corrected chi connectivity index (χ0v) is 16.5. The number of halogens is 3. The predicted molar refractivity (Wildman–Crippen MR) is 103 cm³/mol. The van der Waals surface area contributed by atoms with Gasteiger partial charge in [-0.3, -0.25) is 9.69 Å². The van der Waals surface area contributed by atoms with Gasteiger partial charge in [0.15, 0.2) is 5.78 Å². The summed E-state index contributed by atoms with van der Waals surface area (Å²) in [4.78, 5) is 17.4. The van der Waals surface area contributed by atoms with Gasteiger partial charge < -0.3 is 9.47 Å². The Kier molecular flexibility index (Phi) is 5.95. The van der Waals surface area contributed by atoms with E-state index in [9.17, 15) is 18.0 Å². The van der Waals surface area contributed by atoms with Crippen LogP contribution in [0.25, 0.3) is 5.69 Å². The van der Waals surface area contributed by atoms with Crippen molar-refractivity contribution < 1.29 is 18.0 Å². The fourth-order valence-corrected chi connectivity index (χ4v) is 3.82. The number of benzene rings is 1. The third-order valence-electron chi connectivity index (χ3n) is 5.44. The lowest BCUT2D eigenvalue weighted by molar-refractivity contribution is -0.137. The molecule has 7 heteroatoms. The van der Waals surface area contributed by atoms with Gasteiger partial charge in [0.05, 0.1) is 12.1 Å². The van der Waals surface area contributed by atoms with E-state index in [0.717, 1.165) is 50.6 Å². The van der Waals surface area contributed by atoms with E-state index in [2.05, 4.69) is 16.7 Å². The summed E-state index contributed by atoms with van der Waals surface area (Å²) in [6, 6.07) is 6.98. The number of Topliss-reactive ketones (excluding diaryl/α,β-unsaturated/α-hetero) is 1. The molecule has 0 saturated carbocycles. The van der Waals surface area contributed by atoms with Crippen molar-refractivity contribution in [2.45, 2.75) is 26.9 Å². The van der Waals surface area contributed by atoms with Crippen LogP contribution in [-0.4, -0.2) is 59.4 Å². The number of alkyl halides is 3. The van der Waals surface area contributed by atoms with E-state index in [-0.39, 0.29) is 5.78 Å². The van der Waals surface area contributed by atoms with Crippen LogP contribution >= 0.6 is 0 Å². The van der Waals surface area contributed by atoms with Crippen molar-refractivity contribution in [1.82, 2.24) is 14.4 Å². The number of aromatic nitrogens is 1. The average Bonchev–Trinajstić information content (AvgIpc) is 2.96. The van der Waals surface area contributed by atoms with Crippen molar-refractivity contribution in [2.75, 3.05) is 39.3 Å². The molecule has 0 spiro atoms. The molecule has 1 saturated heterocycles. The molecular formula is C21H26F3N3O. The Hall–Kier alpha value is -2.12. The molecule has 2 aromatic rings. The number of rotatable bonds is 5. The van der Waals surface area contributed by atoms with Gasteiger partial charge in [-0.15, -0.1) is 0 Å². The van der Waals surface area contributed by atoms with Gasteiger partial charge in [0.1, 0.15) is 0 Å². The highest BCUT2D eigenvalue weighted by Gasteiger charge is 2.31. The van der Waals surface area contributed by atoms with E-state index in [4.69, 9.17) is 0 Å². The van der Waals surface area contributed by atoms with Gasteiger partial charge in [-0.05, 0) is 44.7 Å². The molecule has 0 aliphatic carbocycles. The van der Waals surface area contributed by atoms with E-state index in [0.29, 0.717) is 23.5 Å². The lowest BCUT2D eigenvalue weighted by Crippen LogP contribution is -2.47. The average molecular weight is 393 g/mol. The first kappa shape index (κ1) is 20.6. The van der Waals surface area contributed by atoms with Crippen LogP contribution in [0.5, 0.6) is 0 Å². The highest BCUT2D eigenvalue weighted by molar-refractivity contribution is 5.99. The standard InChI is InChI=1S/C21H26F3N3O/c1-4-25-8-10-26(11-9-25)14-20(28)19-12-15(2)27(16(19)3)18-7-5-6-17(13-18)21(22,23)24/h5-7,12-13H,4,8-11,14H2,1-3H3. The molecule has 0 bridgehead atoms. The quantitative estimate of drug-likeness (QED) is 0.721. The molecule has 2 heterocycles. The summed E-state index contributed by atoms with van der Waals surface area (Å²) in [6.45, 7) is 10.7. The maximum absolute atomic E-state index is 13.1. The Balaban J connectivity index is 1.81. The Morgan fingerprint density at radius 2 is 1.68 bits per heavy atom. The van der Waals surface area contributed by atoms with Crippen LogP contribution in [-0.2, 0) is 6.18 Å². The largest absolute Gasteiger partial charge is 0.416 e. The summed E-state index contributed by atoms with van der Waals surface area (Å²) in [5.41, 5.74) is 1.72. The number of carbonyl (C=O) groups excluding carboxylic acids is 1. The van der Waals surface area contributed by atoms with Crippen molar-refractivity contribution in [3.05, 3.63) is 52.8 Å². The molecule has 1 aliphatic rings. The maximum Gasteiger partial charge on any atom is 0.416 e. The molecule has 152 valence electrons. The Labute approximate surface area is 163 Å². The summed E-state index contributed by atoms with van der Waals surface area (Å²) < 4.78 is 40.9. The van der Waals surface area contributed by atoms with Crippen molar-refractivity contribution in [2.24, 2.45) is 0 Å². The molecule has 0 amide bonds. The number of aryl methyl sites for hydroxylation is 1. The molecule has 1 aromatic heterocycles. The number of ketones is 1. The normalized spacial score (nSPS) is 16.5. The molecule has 0 atom stereocenters. The Morgan fingerprint density at radius 1 is 1.04 bits per heavy atom. The first-order valence-electron chi connectivity index (χ1n) is 9.55. The predicted octanol–water partition coefficient (Wildman–Crippen LogP) is 3.93. The van der Waals surface area contributed by atoms with Crippen molar-refractivity contribution in [1.29, 1.82) is 0 Å². The number of piperazine rings is 1. The fourth-order valence-electron chi connectivity index (χ4n) is 3.82. The molecule has 4 nitrogen and oxygen atoms in total. The van der Waals surface area contributed by atoms with Crippen LogP contribution in [0.4, 0.5) is 13.2 Å². The molecule has 0 N–H and O–H groups in total. The van der Waals surface area contributed by atoms with Crippen LogP contribution in [0.2, 0.25) is 0 Å². The molecule has 28 heavy (non-hydrogen) atoms.